The van der Waals surface area contributed by atoms with Crippen molar-refractivity contribution in [1.29, 1.82) is 0 Å². The van der Waals surface area contributed by atoms with Crippen molar-refractivity contribution < 1.29 is 4.39 Å². The fourth-order valence-corrected chi connectivity index (χ4v) is 3.11. The van der Waals surface area contributed by atoms with E-state index in [2.05, 4.69) is 33.1 Å². The van der Waals surface area contributed by atoms with E-state index in [0.29, 0.717) is 10.5 Å². The molecule has 1 aromatic rings. The van der Waals surface area contributed by atoms with Crippen LogP contribution in [0.3, 0.4) is 0 Å². The molecule has 0 spiro atoms. The number of halogens is 3. The first kappa shape index (κ1) is 16.9. The molecule has 1 aliphatic rings. The van der Waals surface area contributed by atoms with Gasteiger partial charge in [0.05, 0.1) is 4.47 Å². The third-order valence-corrected chi connectivity index (χ3v) is 4.33. The summed E-state index contributed by atoms with van der Waals surface area (Å²) in [6, 6.07) is 5.67. The van der Waals surface area contributed by atoms with Gasteiger partial charge in [-0.1, -0.05) is 25.5 Å². The standard InChI is InChI=1S/C14H20BrFN2.ClH/c1-2-4-13(18-9-7-17-8-10-18)11-5-3-6-12(16)14(11)15;/h3,5-6,13,17H,2,4,7-10H2,1H3;1H/t13-;/m1./s1. The summed E-state index contributed by atoms with van der Waals surface area (Å²) in [5.74, 6) is -0.163. The molecule has 1 atom stereocenters. The van der Waals surface area contributed by atoms with Crippen molar-refractivity contribution >= 4 is 28.3 Å². The van der Waals surface area contributed by atoms with Gasteiger partial charge in [-0.15, -0.1) is 12.4 Å². The molecule has 1 aromatic carbocycles. The molecule has 1 N–H and O–H groups in total. The summed E-state index contributed by atoms with van der Waals surface area (Å²) in [5.41, 5.74) is 1.08. The van der Waals surface area contributed by atoms with Crippen molar-refractivity contribution in [2.75, 3.05) is 26.2 Å². The normalized spacial score (nSPS) is 17.8. The van der Waals surface area contributed by atoms with Crippen molar-refractivity contribution in [3.63, 3.8) is 0 Å². The van der Waals surface area contributed by atoms with Crippen LogP contribution in [0.1, 0.15) is 31.4 Å². The van der Waals surface area contributed by atoms with Crippen molar-refractivity contribution in [2.24, 2.45) is 0 Å². The molecular formula is C14H21BrClFN2. The number of hydrogen-bond donors (Lipinski definition) is 1. The predicted molar refractivity (Wildman–Crippen MR) is 83.4 cm³/mol. The maximum absolute atomic E-state index is 13.7. The van der Waals surface area contributed by atoms with Gasteiger partial charge in [0, 0.05) is 32.2 Å². The molecule has 0 saturated carbocycles. The van der Waals surface area contributed by atoms with Crippen LogP contribution < -0.4 is 5.32 Å². The second-order valence-corrected chi connectivity index (χ2v) is 5.53. The molecule has 1 saturated heterocycles. The third kappa shape index (κ3) is 4.15. The number of hydrogen-bond acceptors (Lipinski definition) is 2. The fraction of sp³-hybridized carbons (Fsp3) is 0.571. The Bertz CT molecular complexity index is 397. The maximum atomic E-state index is 13.7. The minimum Gasteiger partial charge on any atom is -0.314 e. The maximum Gasteiger partial charge on any atom is 0.137 e. The molecule has 2 rings (SSSR count). The molecule has 1 fully saturated rings. The van der Waals surface area contributed by atoms with Crippen molar-refractivity contribution in [1.82, 2.24) is 10.2 Å². The Morgan fingerprint density at radius 2 is 2.05 bits per heavy atom. The molecule has 2 nitrogen and oxygen atoms in total. The van der Waals surface area contributed by atoms with Gasteiger partial charge in [-0.05, 0) is 34.0 Å². The van der Waals surface area contributed by atoms with Crippen LogP contribution in [-0.4, -0.2) is 31.1 Å². The highest BCUT2D eigenvalue weighted by atomic mass is 79.9. The first-order valence-corrected chi connectivity index (χ1v) is 7.42. The van der Waals surface area contributed by atoms with Gasteiger partial charge >= 0.3 is 0 Å². The summed E-state index contributed by atoms with van der Waals surface area (Å²) >= 11 is 3.40. The predicted octanol–water partition coefficient (Wildman–Crippen LogP) is 3.76. The molecule has 1 aliphatic heterocycles. The minimum atomic E-state index is -0.163. The van der Waals surface area contributed by atoms with Crippen LogP contribution in [0.4, 0.5) is 4.39 Å². The Labute approximate surface area is 129 Å². The van der Waals surface area contributed by atoms with E-state index in [0.717, 1.165) is 44.6 Å². The summed E-state index contributed by atoms with van der Waals surface area (Å²) in [6.45, 7) is 6.30. The van der Waals surface area contributed by atoms with E-state index in [-0.39, 0.29) is 18.2 Å². The quantitative estimate of drug-likeness (QED) is 0.888. The van der Waals surface area contributed by atoms with E-state index in [1.54, 1.807) is 6.07 Å². The Kier molecular flexibility index (Phi) is 7.29. The average Bonchev–Trinajstić information content (AvgIpc) is 2.41. The van der Waals surface area contributed by atoms with Crippen LogP contribution in [0.5, 0.6) is 0 Å². The molecule has 19 heavy (non-hydrogen) atoms. The van der Waals surface area contributed by atoms with E-state index < -0.39 is 0 Å². The van der Waals surface area contributed by atoms with E-state index >= 15 is 0 Å². The highest BCUT2D eigenvalue weighted by Gasteiger charge is 2.23. The fourth-order valence-electron chi connectivity index (χ4n) is 2.58. The number of benzene rings is 1. The smallest absolute Gasteiger partial charge is 0.137 e. The van der Waals surface area contributed by atoms with Gasteiger partial charge in [-0.25, -0.2) is 4.39 Å². The van der Waals surface area contributed by atoms with Crippen LogP contribution in [0.15, 0.2) is 22.7 Å². The van der Waals surface area contributed by atoms with Gasteiger partial charge < -0.3 is 5.32 Å². The number of nitrogens with one attached hydrogen (secondary N) is 1. The molecule has 0 amide bonds. The van der Waals surface area contributed by atoms with E-state index in [9.17, 15) is 4.39 Å². The number of piperazine rings is 1. The van der Waals surface area contributed by atoms with Gasteiger partial charge in [0.15, 0.2) is 0 Å². The van der Waals surface area contributed by atoms with Gasteiger partial charge in [0.25, 0.3) is 0 Å². The lowest BCUT2D eigenvalue weighted by Gasteiger charge is -2.35. The Morgan fingerprint density at radius 1 is 1.37 bits per heavy atom. The first-order valence-electron chi connectivity index (χ1n) is 6.62. The highest BCUT2D eigenvalue weighted by Crippen LogP contribution is 2.33. The Balaban J connectivity index is 0.00000180. The topological polar surface area (TPSA) is 15.3 Å². The zero-order chi connectivity index (χ0) is 13.0. The molecule has 1 heterocycles. The summed E-state index contributed by atoms with van der Waals surface area (Å²) in [7, 11) is 0. The number of nitrogens with zero attached hydrogens (tertiary/aromatic N) is 1. The monoisotopic (exact) mass is 350 g/mol. The zero-order valence-electron chi connectivity index (χ0n) is 11.2. The zero-order valence-corrected chi connectivity index (χ0v) is 13.6. The molecule has 0 unspecified atom stereocenters. The second-order valence-electron chi connectivity index (χ2n) is 4.73. The Hall–Kier alpha value is -0.160. The first-order chi connectivity index (χ1) is 8.74. The highest BCUT2D eigenvalue weighted by molar-refractivity contribution is 9.10. The minimum absolute atomic E-state index is 0. The van der Waals surface area contributed by atoms with Gasteiger partial charge in [-0.2, -0.15) is 0 Å². The lowest BCUT2D eigenvalue weighted by atomic mass is 10.00. The second kappa shape index (κ2) is 8.20. The van der Waals surface area contributed by atoms with Crippen molar-refractivity contribution in [3.05, 3.63) is 34.1 Å². The van der Waals surface area contributed by atoms with Crippen molar-refractivity contribution in [3.8, 4) is 0 Å². The summed E-state index contributed by atoms with van der Waals surface area (Å²) in [4.78, 5) is 2.46. The van der Waals surface area contributed by atoms with Crippen LogP contribution in [0.25, 0.3) is 0 Å². The van der Waals surface area contributed by atoms with Crippen LogP contribution in [-0.2, 0) is 0 Å². The molecule has 0 bridgehead atoms. The molecule has 0 aromatic heterocycles. The van der Waals surface area contributed by atoms with E-state index in [1.165, 1.54) is 6.07 Å². The molecule has 108 valence electrons. The van der Waals surface area contributed by atoms with E-state index in [1.807, 2.05) is 6.07 Å². The lowest BCUT2D eigenvalue weighted by molar-refractivity contribution is 0.164. The largest absolute Gasteiger partial charge is 0.314 e. The van der Waals surface area contributed by atoms with Crippen molar-refractivity contribution in [2.45, 2.75) is 25.8 Å². The summed E-state index contributed by atoms with van der Waals surface area (Å²) in [6.07, 6.45) is 2.18. The van der Waals surface area contributed by atoms with Crippen LogP contribution in [0, 0.1) is 5.82 Å². The van der Waals surface area contributed by atoms with Crippen LogP contribution in [0.2, 0.25) is 0 Å². The SMILES string of the molecule is CCC[C@H](c1cccc(F)c1Br)N1CCNCC1.Cl. The van der Waals surface area contributed by atoms with E-state index in [4.69, 9.17) is 0 Å². The van der Waals surface area contributed by atoms with Crippen LogP contribution >= 0.6 is 28.3 Å². The lowest BCUT2D eigenvalue weighted by Crippen LogP contribution is -2.45. The van der Waals surface area contributed by atoms with Gasteiger partial charge in [-0.3, -0.25) is 4.90 Å². The molecular weight excluding hydrogens is 331 g/mol. The summed E-state index contributed by atoms with van der Waals surface area (Å²) in [5, 5.41) is 3.36. The average molecular weight is 352 g/mol. The van der Waals surface area contributed by atoms with Gasteiger partial charge in [0.2, 0.25) is 0 Å². The Morgan fingerprint density at radius 3 is 2.68 bits per heavy atom. The number of rotatable bonds is 4. The molecule has 5 heteroatoms. The molecule has 0 aliphatic carbocycles. The summed E-state index contributed by atoms with van der Waals surface area (Å²) < 4.78 is 14.3. The molecule has 0 radical (unpaired) electrons. The third-order valence-electron chi connectivity index (χ3n) is 3.49. The van der Waals surface area contributed by atoms with Gasteiger partial charge in [0.1, 0.15) is 5.82 Å².